The first-order valence-electron chi connectivity index (χ1n) is 7.48. The average molecular weight is 343 g/mol. The number of nitrogens with zero attached hydrogens (tertiary/aromatic N) is 1. The van der Waals surface area contributed by atoms with Crippen molar-refractivity contribution >= 4 is 17.7 Å². The maximum Gasteiger partial charge on any atom is 0.357 e. The molecule has 0 bridgehead atoms. The van der Waals surface area contributed by atoms with Gasteiger partial charge in [-0.15, -0.1) is 0 Å². The summed E-state index contributed by atoms with van der Waals surface area (Å²) < 4.78 is 9.49. The van der Waals surface area contributed by atoms with Crippen LogP contribution in [-0.2, 0) is 9.47 Å². The molecule has 0 radical (unpaired) electrons. The van der Waals surface area contributed by atoms with Gasteiger partial charge in [-0.3, -0.25) is 4.79 Å². The van der Waals surface area contributed by atoms with Crippen LogP contribution in [0.15, 0.2) is 30.5 Å². The third-order valence-electron chi connectivity index (χ3n) is 3.42. The first-order chi connectivity index (χ1) is 11.9. The van der Waals surface area contributed by atoms with Crippen LogP contribution in [0.5, 0.6) is 5.75 Å². The summed E-state index contributed by atoms with van der Waals surface area (Å²) in [5, 5.41) is 9.90. The van der Waals surface area contributed by atoms with Crippen molar-refractivity contribution in [3.05, 3.63) is 58.4 Å². The number of aromatic nitrogens is 1. The van der Waals surface area contributed by atoms with E-state index in [1.54, 1.807) is 19.9 Å². The maximum atomic E-state index is 12.6. The van der Waals surface area contributed by atoms with E-state index in [1.165, 1.54) is 18.2 Å². The molecule has 1 heterocycles. The minimum atomic E-state index is -0.821. The number of ketones is 1. The molecule has 1 aromatic heterocycles. The quantitative estimate of drug-likeness (QED) is 0.656. The van der Waals surface area contributed by atoms with Gasteiger partial charge < -0.3 is 14.6 Å². The summed E-state index contributed by atoms with van der Waals surface area (Å²) in [5.41, 5.74) is 0.471. The number of phenolic OH excluding ortho intramolecular Hbond substituents is 1. The molecule has 7 heteroatoms. The van der Waals surface area contributed by atoms with E-state index in [1.807, 2.05) is 0 Å². The summed E-state index contributed by atoms with van der Waals surface area (Å²) in [6, 6.07) is 5.79. The number of rotatable bonds is 5. The number of benzene rings is 1. The molecule has 2 aromatic rings. The van der Waals surface area contributed by atoms with Crippen molar-refractivity contribution in [3.63, 3.8) is 0 Å². The lowest BCUT2D eigenvalue weighted by Crippen LogP contribution is -2.17. The van der Waals surface area contributed by atoms with Crippen LogP contribution in [0.4, 0.5) is 0 Å². The molecule has 1 aromatic carbocycles. The molecule has 25 heavy (non-hydrogen) atoms. The van der Waals surface area contributed by atoms with Gasteiger partial charge in [-0.25, -0.2) is 14.6 Å². The number of hydrogen-bond acceptors (Lipinski definition) is 7. The van der Waals surface area contributed by atoms with E-state index in [9.17, 15) is 19.5 Å². The first kappa shape index (κ1) is 18.1. The zero-order chi connectivity index (χ0) is 18.6. The van der Waals surface area contributed by atoms with E-state index in [4.69, 9.17) is 4.74 Å². The molecular weight excluding hydrogens is 326 g/mol. The molecule has 0 saturated carbocycles. The molecule has 130 valence electrons. The summed E-state index contributed by atoms with van der Waals surface area (Å²) >= 11 is 0. The third-order valence-corrected chi connectivity index (χ3v) is 3.42. The van der Waals surface area contributed by atoms with Gasteiger partial charge in [0.2, 0.25) is 0 Å². The number of aromatic hydroxyl groups is 1. The number of carbonyl (C=O) groups is 3. The van der Waals surface area contributed by atoms with Gasteiger partial charge in [0.1, 0.15) is 5.75 Å². The van der Waals surface area contributed by atoms with E-state index < -0.39 is 17.7 Å². The van der Waals surface area contributed by atoms with Gasteiger partial charge in [-0.2, -0.15) is 0 Å². The van der Waals surface area contributed by atoms with Crippen molar-refractivity contribution in [2.24, 2.45) is 0 Å². The lowest BCUT2D eigenvalue weighted by Gasteiger charge is -2.09. The molecule has 0 amide bonds. The fourth-order valence-electron chi connectivity index (χ4n) is 2.20. The van der Waals surface area contributed by atoms with Crippen LogP contribution in [0.2, 0.25) is 0 Å². The fourth-order valence-corrected chi connectivity index (χ4v) is 2.20. The van der Waals surface area contributed by atoms with Crippen LogP contribution < -0.4 is 0 Å². The standard InChI is InChI=1S/C18H17NO6/c1-4-25-18(23)15-13(17(22)24-3)8-11(9-19-15)16(21)12-7-10(2)5-6-14(12)20/h5-9,20H,4H2,1-3H3. The lowest BCUT2D eigenvalue weighted by molar-refractivity contribution is 0.0496. The van der Waals surface area contributed by atoms with Crippen LogP contribution in [0.3, 0.4) is 0 Å². The Morgan fingerprint density at radius 1 is 1.12 bits per heavy atom. The van der Waals surface area contributed by atoms with Crippen molar-refractivity contribution in [1.82, 2.24) is 4.98 Å². The Bertz CT molecular complexity index is 843. The summed E-state index contributed by atoms with van der Waals surface area (Å²) in [6.07, 6.45) is 1.16. The van der Waals surface area contributed by atoms with E-state index in [2.05, 4.69) is 9.72 Å². The molecule has 0 saturated heterocycles. The second-order valence-corrected chi connectivity index (χ2v) is 5.18. The predicted molar refractivity (Wildman–Crippen MR) is 87.8 cm³/mol. The lowest BCUT2D eigenvalue weighted by atomic mass is 10.00. The van der Waals surface area contributed by atoms with Crippen LogP contribution >= 0.6 is 0 Å². The van der Waals surface area contributed by atoms with Gasteiger partial charge in [-0.1, -0.05) is 11.6 Å². The first-order valence-corrected chi connectivity index (χ1v) is 7.48. The summed E-state index contributed by atoms with van der Waals surface area (Å²) in [6.45, 7) is 3.51. The second-order valence-electron chi connectivity index (χ2n) is 5.18. The minimum Gasteiger partial charge on any atom is -0.507 e. The fraction of sp³-hybridized carbons (Fsp3) is 0.222. The molecule has 2 rings (SSSR count). The monoisotopic (exact) mass is 343 g/mol. The number of pyridine rings is 1. The Kier molecular flexibility index (Phi) is 5.49. The Hall–Kier alpha value is -3.22. The van der Waals surface area contributed by atoms with Crippen LogP contribution in [0, 0.1) is 6.92 Å². The highest BCUT2D eigenvalue weighted by atomic mass is 16.5. The van der Waals surface area contributed by atoms with Gasteiger partial charge in [0.05, 0.1) is 24.8 Å². The van der Waals surface area contributed by atoms with Gasteiger partial charge in [0.25, 0.3) is 0 Å². The molecular formula is C18H17NO6. The van der Waals surface area contributed by atoms with Crippen LogP contribution in [-0.4, -0.2) is 41.5 Å². The van der Waals surface area contributed by atoms with Crippen molar-refractivity contribution in [2.75, 3.05) is 13.7 Å². The number of ether oxygens (including phenoxy) is 2. The molecule has 7 nitrogen and oxygen atoms in total. The largest absolute Gasteiger partial charge is 0.507 e. The molecule has 0 fully saturated rings. The average Bonchev–Trinajstić information content (AvgIpc) is 2.62. The summed E-state index contributed by atoms with van der Waals surface area (Å²) in [4.78, 5) is 40.4. The van der Waals surface area contributed by atoms with Gasteiger partial charge in [-0.05, 0) is 32.0 Å². The predicted octanol–water partition coefficient (Wildman–Crippen LogP) is 2.29. The zero-order valence-corrected chi connectivity index (χ0v) is 14.0. The van der Waals surface area contributed by atoms with Crippen LogP contribution in [0.25, 0.3) is 0 Å². The number of esters is 2. The van der Waals surface area contributed by atoms with Crippen molar-refractivity contribution < 1.29 is 29.0 Å². The third kappa shape index (κ3) is 3.82. The molecule has 1 N–H and O–H groups in total. The van der Waals surface area contributed by atoms with Crippen molar-refractivity contribution in [2.45, 2.75) is 13.8 Å². The smallest absolute Gasteiger partial charge is 0.357 e. The van der Waals surface area contributed by atoms with E-state index in [0.717, 1.165) is 18.9 Å². The highest BCUT2D eigenvalue weighted by Gasteiger charge is 2.24. The normalized spacial score (nSPS) is 10.2. The Morgan fingerprint density at radius 3 is 2.48 bits per heavy atom. The Labute approximate surface area is 144 Å². The van der Waals surface area contributed by atoms with Crippen molar-refractivity contribution in [1.29, 1.82) is 0 Å². The Morgan fingerprint density at radius 2 is 1.84 bits per heavy atom. The van der Waals surface area contributed by atoms with Gasteiger partial charge >= 0.3 is 11.9 Å². The molecule has 0 atom stereocenters. The van der Waals surface area contributed by atoms with E-state index in [0.29, 0.717) is 0 Å². The molecule has 0 unspecified atom stereocenters. The zero-order valence-electron chi connectivity index (χ0n) is 14.0. The summed E-state index contributed by atoms with van der Waals surface area (Å²) in [7, 11) is 1.15. The number of phenols is 1. The number of carbonyl (C=O) groups excluding carboxylic acids is 3. The highest BCUT2D eigenvalue weighted by molar-refractivity contribution is 6.12. The van der Waals surface area contributed by atoms with Crippen LogP contribution in [0.1, 0.15) is 49.3 Å². The van der Waals surface area contributed by atoms with Gasteiger partial charge in [0.15, 0.2) is 11.5 Å². The number of methoxy groups -OCH3 is 1. The maximum absolute atomic E-state index is 12.6. The number of aryl methyl sites for hydroxylation is 1. The Balaban J connectivity index is 2.52. The van der Waals surface area contributed by atoms with E-state index >= 15 is 0 Å². The van der Waals surface area contributed by atoms with E-state index in [-0.39, 0.29) is 34.7 Å². The molecule has 0 aliphatic rings. The summed E-state index contributed by atoms with van der Waals surface area (Å²) in [5.74, 6) is -2.34. The van der Waals surface area contributed by atoms with Crippen molar-refractivity contribution in [3.8, 4) is 5.75 Å². The second kappa shape index (κ2) is 7.57. The molecule has 0 spiro atoms. The topological polar surface area (TPSA) is 103 Å². The molecule has 0 aliphatic carbocycles. The number of hydrogen-bond donors (Lipinski definition) is 1. The molecule has 0 aliphatic heterocycles. The van der Waals surface area contributed by atoms with Gasteiger partial charge in [0, 0.05) is 11.8 Å². The highest BCUT2D eigenvalue weighted by Crippen LogP contribution is 2.23. The minimum absolute atomic E-state index is 0.0364. The SMILES string of the molecule is CCOC(=O)c1ncc(C(=O)c2cc(C)ccc2O)cc1C(=O)OC.